The second kappa shape index (κ2) is 7.39. The van der Waals surface area contributed by atoms with E-state index in [-0.39, 0.29) is 24.1 Å². The summed E-state index contributed by atoms with van der Waals surface area (Å²) in [5.74, 6) is -1.04. The predicted octanol–water partition coefficient (Wildman–Crippen LogP) is 2.63. The van der Waals surface area contributed by atoms with E-state index >= 15 is 0 Å². The van der Waals surface area contributed by atoms with Gasteiger partial charge in [0.1, 0.15) is 6.04 Å². The van der Waals surface area contributed by atoms with Crippen LogP contribution in [0.15, 0.2) is 46.9 Å². The van der Waals surface area contributed by atoms with Gasteiger partial charge in [-0.2, -0.15) is 0 Å². The first kappa shape index (κ1) is 18.3. The topological polar surface area (TPSA) is 78.5 Å². The minimum Gasteiger partial charge on any atom is -0.287 e. The van der Waals surface area contributed by atoms with Crippen LogP contribution < -0.4 is 15.8 Å². The van der Waals surface area contributed by atoms with Crippen molar-refractivity contribution in [3.8, 4) is 0 Å². The number of aryl methyl sites for hydroxylation is 2. The predicted molar refractivity (Wildman–Crippen MR) is 102 cm³/mol. The number of imide groups is 1. The average Bonchev–Trinajstić information content (AvgIpc) is 2.88. The van der Waals surface area contributed by atoms with Gasteiger partial charge in [0.05, 0.1) is 12.1 Å². The number of carbonyl (C=O) groups excluding carboxylic acids is 3. The van der Waals surface area contributed by atoms with Gasteiger partial charge in [-0.15, -0.1) is 0 Å². The highest BCUT2D eigenvalue weighted by molar-refractivity contribution is 9.10. The van der Waals surface area contributed by atoms with Gasteiger partial charge in [0.15, 0.2) is 0 Å². The number of hydrogen-bond donors (Lipinski definition) is 2. The molecule has 1 saturated heterocycles. The molecule has 0 bridgehead atoms. The van der Waals surface area contributed by atoms with Crippen molar-refractivity contribution in [1.29, 1.82) is 0 Å². The Morgan fingerprint density at radius 1 is 1.12 bits per heavy atom. The van der Waals surface area contributed by atoms with Gasteiger partial charge < -0.3 is 0 Å². The van der Waals surface area contributed by atoms with Gasteiger partial charge >= 0.3 is 0 Å². The summed E-state index contributed by atoms with van der Waals surface area (Å²) in [4.78, 5) is 38.3. The van der Waals surface area contributed by atoms with Crippen molar-refractivity contribution in [2.75, 3.05) is 4.90 Å². The standard InChI is InChI=1S/C19H18BrN3O3/c1-11-3-8-16(12(2)9-11)23-17(24)10-15(19(23)26)21-22-18(25)13-4-6-14(20)7-5-13/h3-9,15,21H,10H2,1-2H3,(H,22,25). The van der Waals surface area contributed by atoms with Crippen LogP contribution >= 0.6 is 15.9 Å². The lowest BCUT2D eigenvalue weighted by Gasteiger charge is -2.18. The van der Waals surface area contributed by atoms with Gasteiger partial charge in [0.2, 0.25) is 5.91 Å². The molecule has 7 heteroatoms. The van der Waals surface area contributed by atoms with E-state index in [1.807, 2.05) is 26.0 Å². The quantitative estimate of drug-likeness (QED) is 0.594. The van der Waals surface area contributed by atoms with Crippen LogP contribution in [0.25, 0.3) is 0 Å². The Labute approximate surface area is 159 Å². The number of benzene rings is 2. The Bertz CT molecular complexity index is 880. The average molecular weight is 416 g/mol. The van der Waals surface area contributed by atoms with E-state index in [4.69, 9.17) is 0 Å². The maximum Gasteiger partial charge on any atom is 0.265 e. The number of amides is 3. The summed E-state index contributed by atoms with van der Waals surface area (Å²) in [6, 6.07) is 11.6. The zero-order chi connectivity index (χ0) is 18.8. The minimum atomic E-state index is -0.789. The Hall–Kier alpha value is -2.51. The molecule has 0 aliphatic carbocycles. The monoisotopic (exact) mass is 415 g/mol. The number of halogens is 1. The third-order valence-corrected chi connectivity index (χ3v) is 4.73. The Kier molecular flexibility index (Phi) is 5.20. The number of hydrogen-bond acceptors (Lipinski definition) is 4. The number of hydrazine groups is 1. The van der Waals surface area contributed by atoms with Crippen molar-refractivity contribution in [3.63, 3.8) is 0 Å². The zero-order valence-corrected chi connectivity index (χ0v) is 16.0. The summed E-state index contributed by atoms with van der Waals surface area (Å²) in [6.07, 6.45) is -0.00718. The normalized spacial score (nSPS) is 16.9. The molecule has 26 heavy (non-hydrogen) atoms. The molecule has 0 saturated carbocycles. The van der Waals surface area contributed by atoms with Crippen LogP contribution in [0.2, 0.25) is 0 Å². The first-order valence-electron chi connectivity index (χ1n) is 8.12. The molecule has 1 heterocycles. The van der Waals surface area contributed by atoms with Crippen LogP contribution in [-0.2, 0) is 9.59 Å². The Morgan fingerprint density at radius 2 is 1.81 bits per heavy atom. The highest BCUT2D eigenvalue weighted by Gasteiger charge is 2.40. The van der Waals surface area contributed by atoms with E-state index in [9.17, 15) is 14.4 Å². The number of carbonyl (C=O) groups is 3. The number of anilines is 1. The molecule has 2 N–H and O–H groups in total. The molecule has 1 unspecified atom stereocenters. The van der Waals surface area contributed by atoms with Gasteiger partial charge in [-0.1, -0.05) is 33.6 Å². The number of nitrogens with zero attached hydrogens (tertiary/aromatic N) is 1. The first-order valence-corrected chi connectivity index (χ1v) is 8.91. The lowest BCUT2D eigenvalue weighted by Crippen LogP contribution is -2.48. The first-order chi connectivity index (χ1) is 12.4. The fraction of sp³-hybridized carbons (Fsp3) is 0.211. The molecule has 1 fully saturated rings. The van der Waals surface area contributed by atoms with Gasteiger partial charge in [-0.3, -0.25) is 19.8 Å². The number of nitrogens with one attached hydrogen (secondary N) is 2. The van der Waals surface area contributed by atoms with E-state index in [0.717, 1.165) is 15.6 Å². The molecule has 1 atom stereocenters. The zero-order valence-electron chi connectivity index (χ0n) is 14.4. The van der Waals surface area contributed by atoms with E-state index in [1.165, 1.54) is 4.90 Å². The maximum absolute atomic E-state index is 12.6. The lowest BCUT2D eigenvalue weighted by molar-refractivity contribution is -0.121. The van der Waals surface area contributed by atoms with Crippen molar-refractivity contribution in [2.45, 2.75) is 26.3 Å². The number of rotatable bonds is 4. The molecule has 1 aliphatic heterocycles. The molecule has 2 aromatic rings. The van der Waals surface area contributed by atoms with E-state index < -0.39 is 6.04 Å². The van der Waals surface area contributed by atoms with Crippen LogP contribution in [-0.4, -0.2) is 23.8 Å². The summed E-state index contributed by atoms with van der Waals surface area (Å²) in [7, 11) is 0. The van der Waals surface area contributed by atoms with Crippen molar-refractivity contribution >= 4 is 39.3 Å². The third-order valence-electron chi connectivity index (χ3n) is 4.21. The van der Waals surface area contributed by atoms with Gasteiger partial charge in [0.25, 0.3) is 11.8 Å². The smallest absolute Gasteiger partial charge is 0.265 e. The molecular formula is C19H18BrN3O3. The maximum atomic E-state index is 12.6. The molecule has 6 nitrogen and oxygen atoms in total. The molecule has 1 aliphatic rings. The Balaban J connectivity index is 1.69. The molecule has 0 spiro atoms. The molecule has 0 aromatic heterocycles. The van der Waals surface area contributed by atoms with E-state index in [2.05, 4.69) is 26.8 Å². The van der Waals surface area contributed by atoms with Crippen LogP contribution in [0.3, 0.4) is 0 Å². The van der Waals surface area contributed by atoms with Gasteiger partial charge in [0, 0.05) is 10.0 Å². The summed E-state index contributed by atoms with van der Waals surface area (Å²) in [5, 5.41) is 0. The van der Waals surface area contributed by atoms with Crippen LogP contribution in [0.1, 0.15) is 27.9 Å². The molecular weight excluding hydrogens is 398 g/mol. The molecule has 134 valence electrons. The summed E-state index contributed by atoms with van der Waals surface area (Å²) in [6.45, 7) is 3.81. The molecule has 3 rings (SSSR count). The highest BCUT2D eigenvalue weighted by Crippen LogP contribution is 2.26. The summed E-state index contributed by atoms with van der Waals surface area (Å²) in [5.41, 5.74) is 8.12. The molecule has 0 radical (unpaired) electrons. The third kappa shape index (κ3) is 3.68. The minimum absolute atomic E-state index is 0.00718. The largest absolute Gasteiger partial charge is 0.287 e. The van der Waals surface area contributed by atoms with Crippen LogP contribution in [0, 0.1) is 13.8 Å². The molecule has 3 amide bonds. The fourth-order valence-electron chi connectivity index (χ4n) is 2.88. The van der Waals surface area contributed by atoms with Crippen molar-refractivity contribution in [1.82, 2.24) is 10.9 Å². The van der Waals surface area contributed by atoms with Crippen molar-refractivity contribution < 1.29 is 14.4 Å². The van der Waals surface area contributed by atoms with Gasteiger partial charge in [-0.25, -0.2) is 10.3 Å². The van der Waals surface area contributed by atoms with E-state index in [1.54, 1.807) is 30.3 Å². The van der Waals surface area contributed by atoms with Crippen LogP contribution in [0.5, 0.6) is 0 Å². The van der Waals surface area contributed by atoms with Crippen molar-refractivity contribution in [2.24, 2.45) is 0 Å². The van der Waals surface area contributed by atoms with E-state index in [0.29, 0.717) is 11.3 Å². The fourth-order valence-corrected chi connectivity index (χ4v) is 3.14. The SMILES string of the molecule is Cc1ccc(N2C(=O)CC(NNC(=O)c3ccc(Br)cc3)C2=O)c(C)c1. The second-order valence-corrected chi connectivity index (χ2v) is 7.14. The van der Waals surface area contributed by atoms with Crippen LogP contribution in [0.4, 0.5) is 5.69 Å². The van der Waals surface area contributed by atoms with Gasteiger partial charge in [-0.05, 0) is 49.7 Å². The highest BCUT2D eigenvalue weighted by atomic mass is 79.9. The summed E-state index contributed by atoms with van der Waals surface area (Å²) >= 11 is 3.31. The lowest BCUT2D eigenvalue weighted by atomic mass is 10.1. The summed E-state index contributed by atoms with van der Waals surface area (Å²) < 4.78 is 0.864. The Morgan fingerprint density at radius 3 is 2.46 bits per heavy atom. The van der Waals surface area contributed by atoms with Crippen molar-refractivity contribution in [3.05, 3.63) is 63.6 Å². The second-order valence-electron chi connectivity index (χ2n) is 6.22. The molecule has 2 aromatic carbocycles.